The maximum absolute atomic E-state index is 5.99. The predicted molar refractivity (Wildman–Crippen MR) is 169 cm³/mol. The highest BCUT2D eigenvalue weighted by molar-refractivity contribution is 6.17. The van der Waals surface area contributed by atoms with Gasteiger partial charge in [-0.2, -0.15) is 0 Å². The fourth-order valence-electron chi connectivity index (χ4n) is 5.71. The molecule has 2 aromatic heterocycles. The molecule has 41 heavy (non-hydrogen) atoms. The van der Waals surface area contributed by atoms with Crippen molar-refractivity contribution in [2.24, 2.45) is 0 Å². The predicted octanol–water partition coefficient (Wildman–Crippen LogP) is 10.2. The zero-order chi connectivity index (χ0) is 27.2. The normalized spacial score (nSPS) is 11.4. The summed E-state index contributed by atoms with van der Waals surface area (Å²) in [6.07, 6.45) is 0. The van der Waals surface area contributed by atoms with Crippen LogP contribution in [-0.4, -0.2) is 9.97 Å². The number of rotatable bonds is 4. The van der Waals surface area contributed by atoms with Gasteiger partial charge in [0.2, 0.25) is 5.89 Å². The Morgan fingerprint density at radius 3 is 1.88 bits per heavy atom. The molecule has 0 aliphatic carbocycles. The molecule has 0 saturated carbocycles. The van der Waals surface area contributed by atoms with Crippen LogP contribution in [0.2, 0.25) is 0 Å². The first kappa shape index (κ1) is 23.4. The Balaban J connectivity index is 1.31. The molecule has 8 aromatic rings. The summed E-state index contributed by atoms with van der Waals surface area (Å²) in [5.74, 6) is 0.632. The molecule has 0 unspecified atom stereocenters. The van der Waals surface area contributed by atoms with E-state index >= 15 is 0 Å². The molecule has 0 spiro atoms. The van der Waals surface area contributed by atoms with Crippen molar-refractivity contribution in [2.45, 2.75) is 0 Å². The second kappa shape index (κ2) is 9.58. The number of benzene rings is 6. The van der Waals surface area contributed by atoms with Gasteiger partial charge in [0.25, 0.3) is 0 Å². The summed E-state index contributed by atoms with van der Waals surface area (Å²) in [6, 6.07) is 50.5. The summed E-state index contributed by atoms with van der Waals surface area (Å²) >= 11 is 0. The summed E-state index contributed by atoms with van der Waals surface area (Å²) in [6.45, 7) is 0. The van der Waals surface area contributed by atoms with Crippen molar-refractivity contribution in [2.75, 3.05) is 0 Å². The van der Waals surface area contributed by atoms with Gasteiger partial charge < -0.3 is 4.42 Å². The standard InChI is InChI=1S/C38H24N2O/c1-3-10-26(11-4-1)30-14-9-15-31-36(30)32-24-29(22-23-33(32)39-37(31)27-12-5-2-6-13-27)25-18-20-28(21-19-25)38-40-34-16-7-8-17-35(34)41-38/h1-24H. The summed E-state index contributed by atoms with van der Waals surface area (Å²) in [5, 5.41) is 3.50. The van der Waals surface area contributed by atoms with Crippen molar-refractivity contribution in [3.63, 3.8) is 0 Å². The molecule has 3 nitrogen and oxygen atoms in total. The number of aromatic nitrogens is 2. The minimum atomic E-state index is 0.632. The van der Waals surface area contributed by atoms with Gasteiger partial charge in [-0.15, -0.1) is 0 Å². The van der Waals surface area contributed by atoms with Crippen LogP contribution in [0.5, 0.6) is 0 Å². The van der Waals surface area contributed by atoms with Crippen molar-refractivity contribution >= 4 is 32.8 Å². The number of hydrogen-bond acceptors (Lipinski definition) is 3. The van der Waals surface area contributed by atoms with Crippen LogP contribution in [-0.2, 0) is 0 Å². The largest absolute Gasteiger partial charge is 0.436 e. The van der Waals surface area contributed by atoms with Crippen LogP contribution >= 0.6 is 0 Å². The molecule has 0 N–H and O–H groups in total. The third-order valence-corrected chi connectivity index (χ3v) is 7.71. The molecule has 0 saturated heterocycles. The summed E-state index contributed by atoms with van der Waals surface area (Å²) in [5.41, 5.74) is 10.4. The highest BCUT2D eigenvalue weighted by Crippen LogP contribution is 2.40. The number of hydrogen-bond donors (Lipinski definition) is 0. The molecular formula is C38H24N2O. The van der Waals surface area contributed by atoms with Crippen LogP contribution in [0.1, 0.15) is 0 Å². The molecule has 192 valence electrons. The molecule has 2 heterocycles. The first-order valence-electron chi connectivity index (χ1n) is 13.8. The van der Waals surface area contributed by atoms with E-state index in [0.717, 1.165) is 55.3 Å². The van der Waals surface area contributed by atoms with Gasteiger partial charge in [0.05, 0.1) is 11.2 Å². The monoisotopic (exact) mass is 524 g/mol. The topological polar surface area (TPSA) is 38.9 Å². The van der Waals surface area contributed by atoms with Crippen LogP contribution < -0.4 is 0 Å². The number of pyridine rings is 1. The Labute approximate surface area is 237 Å². The Kier molecular flexibility index (Phi) is 5.46. The molecule has 0 amide bonds. The average Bonchev–Trinajstić information content (AvgIpc) is 3.49. The Morgan fingerprint density at radius 2 is 1.10 bits per heavy atom. The third-order valence-electron chi connectivity index (χ3n) is 7.71. The number of oxazole rings is 1. The van der Waals surface area contributed by atoms with E-state index in [0.29, 0.717) is 5.89 Å². The van der Waals surface area contributed by atoms with Crippen LogP contribution in [0.25, 0.3) is 77.7 Å². The van der Waals surface area contributed by atoms with Crippen LogP contribution in [0.3, 0.4) is 0 Å². The van der Waals surface area contributed by atoms with Crippen LogP contribution in [0, 0.1) is 0 Å². The van der Waals surface area contributed by atoms with Crippen molar-refractivity contribution in [1.82, 2.24) is 9.97 Å². The summed E-state index contributed by atoms with van der Waals surface area (Å²) in [7, 11) is 0. The van der Waals surface area contributed by atoms with Gasteiger partial charge in [-0.25, -0.2) is 9.97 Å². The third kappa shape index (κ3) is 4.07. The zero-order valence-electron chi connectivity index (χ0n) is 22.2. The minimum absolute atomic E-state index is 0.632. The van der Waals surface area contributed by atoms with Gasteiger partial charge in [-0.1, -0.05) is 109 Å². The van der Waals surface area contributed by atoms with Gasteiger partial charge in [-0.05, 0) is 58.7 Å². The molecule has 0 aliphatic rings. The summed E-state index contributed by atoms with van der Waals surface area (Å²) < 4.78 is 5.99. The lowest BCUT2D eigenvalue weighted by atomic mass is 9.91. The maximum atomic E-state index is 5.99. The molecule has 0 fully saturated rings. The molecular weight excluding hydrogens is 500 g/mol. The van der Waals surface area contributed by atoms with Crippen molar-refractivity contribution in [1.29, 1.82) is 0 Å². The van der Waals surface area contributed by atoms with E-state index in [2.05, 4.69) is 120 Å². The van der Waals surface area contributed by atoms with E-state index in [1.54, 1.807) is 0 Å². The quantitative estimate of drug-likeness (QED) is 0.215. The second-order valence-electron chi connectivity index (χ2n) is 10.2. The summed E-state index contributed by atoms with van der Waals surface area (Å²) in [4.78, 5) is 9.85. The number of para-hydroxylation sites is 2. The molecule has 0 radical (unpaired) electrons. The zero-order valence-corrected chi connectivity index (χ0v) is 22.2. The van der Waals surface area contributed by atoms with Crippen LogP contribution in [0.4, 0.5) is 0 Å². The molecule has 0 bridgehead atoms. The van der Waals surface area contributed by atoms with Gasteiger partial charge in [-0.3, -0.25) is 0 Å². The van der Waals surface area contributed by atoms with Crippen molar-refractivity contribution in [3.8, 4) is 45.0 Å². The van der Waals surface area contributed by atoms with E-state index in [1.165, 1.54) is 16.5 Å². The smallest absolute Gasteiger partial charge is 0.227 e. The maximum Gasteiger partial charge on any atom is 0.227 e. The molecule has 6 aromatic carbocycles. The fourth-order valence-corrected chi connectivity index (χ4v) is 5.71. The number of nitrogens with zero attached hydrogens (tertiary/aromatic N) is 2. The lowest BCUT2D eigenvalue weighted by molar-refractivity contribution is 0.620. The number of fused-ring (bicyclic) bond motifs is 4. The highest BCUT2D eigenvalue weighted by atomic mass is 16.3. The minimum Gasteiger partial charge on any atom is -0.436 e. The van der Waals surface area contributed by atoms with E-state index in [9.17, 15) is 0 Å². The first-order valence-corrected chi connectivity index (χ1v) is 13.8. The van der Waals surface area contributed by atoms with Gasteiger partial charge in [0.15, 0.2) is 5.58 Å². The van der Waals surface area contributed by atoms with E-state index in [4.69, 9.17) is 9.40 Å². The molecule has 0 atom stereocenters. The van der Waals surface area contributed by atoms with E-state index < -0.39 is 0 Å². The van der Waals surface area contributed by atoms with Crippen molar-refractivity contribution in [3.05, 3.63) is 146 Å². The molecule has 3 heteroatoms. The SMILES string of the molecule is c1ccc(-c2nc3ccc(-c4ccc(-c5nc6ccccc6o5)cc4)cc3c3c(-c4ccccc4)cccc23)cc1. The lowest BCUT2D eigenvalue weighted by Gasteiger charge is -2.15. The Hall–Kier alpha value is -5.54. The molecule has 0 aliphatic heterocycles. The second-order valence-corrected chi connectivity index (χ2v) is 10.2. The molecule has 8 rings (SSSR count). The van der Waals surface area contributed by atoms with Gasteiger partial charge in [0, 0.05) is 27.3 Å². The Bertz CT molecular complexity index is 2150. The average molecular weight is 525 g/mol. The van der Waals surface area contributed by atoms with Gasteiger partial charge in [0.1, 0.15) is 5.52 Å². The van der Waals surface area contributed by atoms with E-state index in [1.807, 2.05) is 30.3 Å². The van der Waals surface area contributed by atoms with Crippen molar-refractivity contribution < 1.29 is 4.42 Å². The first-order chi connectivity index (χ1) is 20.3. The van der Waals surface area contributed by atoms with Gasteiger partial charge >= 0.3 is 0 Å². The van der Waals surface area contributed by atoms with Crippen LogP contribution in [0.15, 0.2) is 150 Å². The fraction of sp³-hybridized carbons (Fsp3) is 0. The highest BCUT2D eigenvalue weighted by Gasteiger charge is 2.15. The lowest BCUT2D eigenvalue weighted by Crippen LogP contribution is -1.92. The van der Waals surface area contributed by atoms with E-state index in [-0.39, 0.29) is 0 Å². The Morgan fingerprint density at radius 1 is 0.415 bits per heavy atom.